The monoisotopic (exact) mass is 322 g/mol. The Morgan fingerprint density at radius 2 is 2.00 bits per heavy atom. The molecule has 0 aromatic heterocycles. The van der Waals surface area contributed by atoms with Gasteiger partial charge >= 0.3 is 6.09 Å². The Hall–Kier alpha value is -2.28. The van der Waals surface area contributed by atoms with E-state index in [0.717, 1.165) is 6.07 Å². The van der Waals surface area contributed by atoms with E-state index in [4.69, 9.17) is 18.1 Å². The smallest absolute Gasteiger partial charge is 0.408 e. The molecule has 23 heavy (non-hydrogen) atoms. The van der Waals surface area contributed by atoms with E-state index in [2.05, 4.69) is 15.3 Å². The number of rotatable bonds is 4. The first-order valence-corrected chi connectivity index (χ1v) is 6.75. The van der Waals surface area contributed by atoms with Crippen LogP contribution >= 0.6 is 0 Å². The van der Waals surface area contributed by atoms with Gasteiger partial charge in [-0.15, -0.1) is 0 Å². The molecule has 0 fully saturated rings. The van der Waals surface area contributed by atoms with Gasteiger partial charge in [0.15, 0.2) is 11.6 Å². The third-order valence-electron chi connectivity index (χ3n) is 2.87. The first-order chi connectivity index (χ1) is 10.5. The molecule has 0 aliphatic carbocycles. The number of nitrogens with one attached hydrogen (secondary N) is 1. The molecule has 6 nitrogen and oxygen atoms in total. The zero-order valence-electron chi connectivity index (χ0n) is 13.4. The van der Waals surface area contributed by atoms with Gasteiger partial charge in [-0.2, -0.15) is 0 Å². The third kappa shape index (κ3) is 5.14. The van der Waals surface area contributed by atoms with Gasteiger partial charge in [0.05, 0.1) is 12.1 Å². The number of nitrogens with zero attached hydrogens (tertiary/aromatic N) is 3. The molecule has 2 radical (unpaired) electrons. The van der Waals surface area contributed by atoms with Gasteiger partial charge in [-0.05, 0) is 39.3 Å². The Morgan fingerprint density at radius 1 is 1.39 bits per heavy atom. The van der Waals surface area contributed by atoms with Crippen molar-refractivity contribution in [2.45, 2.75) is 38.8 Å². The van der Waals surface area contributed by atoms with Crippen molar-refractivity contribution >= 4 is 19.4 Å². The maximum Gasteiger partial charge on any atom is 0.408 e. The van der Waals surface area contributed by atoms with E-state index in [1.807, 2.05) is 0 Å². The number of hydrogen-bond donors (Lipinski definition) is 1. The molecule has 122 valence electrons. The molecular weight excluding hydrogens is 305 g/mol. The standard InChI is InChI=1S/C14H17BF2N4O2/c1-13(2,3)23-12(22)20-14(4,7-19-21-18)9-5-8(15)6-10(16)11(9)17/h5-6H,7H2,1-4H3,(H,20,22)/t14-/m0/s1. The third-order valence-corrected chi connectivity index (χ3v) is 2.87. The fourth-order valence-corrected chi connectivity index (χ4v) is 1.91. The lowest BCUT2D eigenvalue weighted by atomic mass is 9.85. The number of azide groups is 1. The molecule has 0 saturated carbocycles. The van der Waals surface area contributed by atoms with Crippen molar-refractivity contribution in [2.75, 3.05) is 6.54 Å². The zero-order chi connectivity index (χ0) is 17.8. The van der Waals surface area contributed by atoms with E-state index >= 15 is 0 Å². The lowest BCUT2D eigenvalue weighted by Gasteiger charge is -2.32. The van der Waals surface area contributed by atoms with Crippen LogP contribution < -0.4 is 10.8 Å². The summed E-state index contributed by atoms with van der Waals surface area (Å²) in [7, 11) is 5.53. The number of carbonyl (C=O) groups is 1. The van der Waals surface area contributed by atoms with E-state index in [1.165, 1.54) is 13.0 Å². The van der Waals surface area contributed by atoms with Gasteiger partial charge in [0.25, 0.3) is 0 Å². The summed E-state index contributed by atoms with van der Waals surface area (Å²) in [5.74, 6) is -2.36. The van der Waals surface area contributed by atoms with E-state index in [9.17, 15) is 13.6 Å². The number of ether oxygens (including phenoxy) is 1. The quantitative estimate of drug-likeness (QED) is 0.400. The molecule has 0 bridgehead atoms. The summed E-state index contributed by atoms with van der Waals surface area (Å²) in [6.45, 7) is 5.97. The molecule has 1 N–H and O–H groups in total. The van der Waals surface area contributed by atoms with Gasteiger partial charge in [0, 0.05) is 10.5 Å². The maximum atomic E-state index is 14.1. The SMILES string of the molecule is [B]c1cc(F)c(F)c([C@](C)(CN=[N+]=[N-])NC(=O)OC(C)(C)C)c1. The second-order valence-corrected chi connectivity index (χ2v) is 6.21. The zero-order valence-corrected chi connectivity index (χ0v) is 13.4. The first kappa shape index (κ1) is 18.8. The van der Waals surface area contributed by atoms with Crippen molar-refractivity contribution in [1.82, 2.24) is 5.32 Å². The number of hydrogen-bond acceptors (Lipinski definition) is 3. The molecule has 0 spiro atoms. The molecule has 0 saturated heterocycles. The second kappa shape index (κ2) is 6.87. The van der Waals surface area contributed by atoms with Crippen LogP contribution in [0.1, 0.15) is 33.3 Å². The van der Waals surface area contributed by atoms with Crippen LogP contribution in [0, 0.1) is 11.6 Å². The van der Waals surface area contributed by atoms with Crippen molar-refractivity contribution in [2.24, 2.45) is 5.11 Å². The molecule has 1 rings (SSSR count). The Kier molecular flexibility index (Phi) is 5.61. The highest BCUT2D eigenvalue weighted by molar-refractivity contribution is 6.32. The molecule has 9 heteroatoms. The molecule has 0 heterocycles. The summed E-state index contributed by atoms with van der Waals surface area (Å²) in [6.07, 6.45) is -0.865. The Bertz CT molecular complexity index is 657. The van der Waals surface area contributed by atoms with E-state index in [1.54, 1.807) is 20.8 Å². The summed E-state index contributed by atoms with van der Waals surface area (Å²) >= 11 is 0. The molecule has 0 aliphatic rings. The van der Waals surface area contributed by atoms with Crippen LogP contribution in [0.3, 0.4) is 0 Å². The highest BCUT2D eigenvalue weighted by Gasteiger charge is 2.34. The van der Waals surface area contributed by atoms with Crippen LogP contribution in [0.5, 0.6) is 0 Å². The highest BCUT2D eigenvalue weighted by atomic mass is 19.2. The summed E-state index contributed by atoms with van der Waals surface area (Å²) in [5, 5.41) is 5.76. The Labute approximate surface area is 134 Å². The second-order valence-electron chi connectivity index (χ2n) is 6.21. The van der Waals surface area contributed by atoms with Crippen molar-refractivity contribution in [3.8, 4) is 0 Å². The van der Waals surface area contributed by atoms with Crippen molar-refractivity contribution < 1.29 is 18.3 Å². The molecular formula is C14H17BF2N4O2. The van der Waals surface area contributed by atoms with Gasteiger partial charge in [0.2, 0.25) is 0 Å². The van der Waals surface area contributed by atoms with Crippen LogP contribution in [0.25, 0.3) is 10.4 Å². The van der Waals surface area contributed by atoms with Crippen molar-refractivity contribution in [3.63, 3.8) is 0 Å². The molecule has 1 aromatic rings. The predicted molar refractivity (Wildman–Crippen MR) is 82.5 cm³/mol. The fraction of sp³-hybridized carbons (Fsp3) is 0.500. The normalized spacial score (nSPS) is 13.7. The van der Waals surface area contributed by atoms with Crippen LogP contribution in [-0.2, 0) is 10.3 Å². The molecule has 0 aliphatic heterocycles. The highest BCUT2D eigenvalue weighted by Crippen LogP contribution is 2.26. The van der Waals surface area contributed by atoms with Crippen molar-refractivity contribution in [1.29, 1.82) is 0 Å². The number of halogens is 2. The summed E-state index contributed by atoms with van der Waals surface area (Å²) < 4.78 is 32.8. The lowest BCUT2D eigenvalue weighted by Crippen LogP contribution is -2.48. The Balaban J connectivity index is 3.27. The van der Waals surface area contributed by atoms with Gasteiger partial charge < -0.3 is 10.1 Å². The van der Waals surface area contributed by atoms with Gasteiger partial charge in [-0.25, -0.2) is 13.6 Å². The minimum atomic E-state index is -1.53. The van der Waals surface area contributed by atoms with Gasteiger partial charge in [0.1, 0.15) is 13.4 Å². The average Bonchev–Trinajstić information content (AvgIpc) is 2.38. The van der Waals surface area contributed by atoms with Crippen LogP contribution in [0.4, 0.5) is 13.6 Å². The van der Waals surface area contributed by atoms with E-state index in [0.29, 0.717) is 0 Å². The summed E-state index contributed by atoms with van der Waals surface area (Å²) in [6, 6.07) is 1.99. The fourth-order valence-electron chi connectivity index (χ4n) is 1.91. The van der Waals surface area contributed by atoms with Crippen molar-refractivity contribution in [3.05, 3.63) is 39.8 Å². The topological polar surface area (TPSA) is 87.1 Å². The summed E-state index contributed by atoms with van der Waals surface area (Å²) in [5.41, 5.74) is 5.90. The Morgan fingerprint density at radius 3 is 2.52 bits per heavy atom. The number of alkyl carbamates (subject to hydrolysis) is 1. The maximum absolute atomic E-state index is 14.1. The number of amides is 1. The van der Waals surface area contributed by atoms with Crippen LogP contribution in [0.15, 0.2) is 17.2 Å². The lowest BCUT2D eigenvalue weighted by molar-refractivity contribution is 0.0463. The molecule has 1 amide bonds. The minimum absolute atomic E-state index is 0.0305. The predicted octanol–water partition coefficient (Wildman–Crippen LogP) is 2.81. The number of benzene rings is 1. The average molecular weight is 322 g/mol. The van der Waals surface area contributed by atoms with Gasteiger partial charge in [-0.1, -0.05) is 16.6 Å². The first-order valence-electron chi connectivity index (χ1n) is 6.75. The largest absolute Gasteiger partial charge is 0.444 e. The van der Waals surface area contributed by atoms with Crippen LogP contribution in [-0.4, -0.2) is 26.1 Å². The van der Waals surface area contributed by atoms with Gasteiger partial charge in [-0.3, -0.25) is 0 Å². The van der Waals surface area contributed by atoms with E-state index in [-0.39, 0.29) is 17.6 Å². The summed E-state index contributed by atoms with van der Waals surface area (Å²) in [4.78, 5) is 14.6. The molecule has 0 unspecified atom stereocenters. The molecule has 1 atom stereocenters. The van der Waals surface area contributed by atoms with Crippen LogP contribution in [0.2, 0.25) is 0 Å². The number of carbonyl (C=O) groups excluding carboxylic acids is 1. The minimum Gasteiger partial charge on any atom is -0.444 e. The van der Waals surface area contributed by atoms with E-state index < -0.39 is 28.9 Å². The molecule has 1 aromatic carbocycles.